The van der Waals surface area contributed by atoms with Crippen molar-refractivity contribution in [3.8, 4) is 0 Å². The summed E-state index contributed by atoms with van der Waals surface area (Å²) < 4.78 is 16.2. The number of rotatable bonds is 7. The van der Waals surface area contributed by atoms with E-state index in [1.807, 2.05) is 30.3 Å². The van der Waals surface area contributed by atoms with Crippen LogP contribution in [0.3, 0.4) is 0 Å². The van der Waals surface area contributed by atoms with E-state index < -0.39 is 29.6 Å². The minimum Gasteiger partial charge on any atom is -0.460 e. The third kappa shape index (κ3) is 6.71. The second-order valence-corrected chi connectivity index (χ2v) is 6.90. The average Bonchev–Trinajstić information content (AvgIpc) is 2.46. The lowest BCUT2D eigenvalue weighted by molar-refractivity contribution is -0.166. The van der Waals surface area contributed by atoms with Crippen molar-refractivity contribution in [3.05, 3.63) is 35.9 Å². The lowest BCUT2D eigenvalue weighted by Crippen LogP contribution is -2.30. The first kappa shape index (κ1) is 20.2. The lowest BCUT2D eigenvalue weighted by atomic mass is 10.0. The summed E-state index contributed by atoms with van der Waals surface area (Å²) in [6, 6.07) is 9.56. The van der Waals surface area contributed by atoms with E-state index in [0.29, 0.717) is 0 Å². The molecule has 1 aromatic rings. The van der Waals surface area contributed by atoms with Gasteiger partial charge in [0.15, 0.2) is 0 Å². The van der Waals surface area contributed by atoms with Crippen LogP contribution in [0.25, 0.3) is 0 Å². The fourth-order valence-electron chi connectivity index (χ4n) is 2.32. The zero-order valence-corrected chi connectivity index (χ0v) is 15.4. The van der Waals surface area contributed by atoms with Crippen LogP contribution in [-0.4, -0.2) is 30.8 Å². The molecule has 5 nitrogen and oxygen atoms in total. The Morgan fingerprint density at radius 2 is 1.67 bits per heavy atom. The summed E-state index contributed by atoms with van der Waals surface area (Å²) in [5.74, 6) is -1.42. The van der Waals surface area contributed by atoms with Gasteiger partial charge in [0.1, 0.15) is 17.8 Å². The molecule has 0 fully saturated rings. The first-order valence-corrected chi connectivity index (χ1v) is 8.14. The van der Waals surface area contributed by atoms with Crippen LogP contribution < -0.4 is 0 Å². The summed E-state index contributed by atoms with van der Waals surface area (Å²) in [5.41, 5.74) is 0.364. The van der Waals surface area contributed by atoms with Crippen molar-refractivity contribution < 1.29 is 23.8 Å². The Labute approximate surface area is 144 Å². The minimum absolute atomic E-state index is 0.00813. The summed E-state index contributed by atoms with van der Waals surface area (Å²) in [7, 11) is 1.58. The predicted molar refractivity (Wildman–Crippen MR) is 91.4 cm³/mol. The zero-order valence-electron chi connectivity index (χ0n) is 15.4. The Bertz CT molecular complexity index is 532. The molecule has 3 atom stereocenters. The molecule has 0 bridgehead atoms. The minimum atomic E-state index is -0.574. The fraction of sp³-hybridized carbons (Fsp3) is 0.579. The number of methoxy groups -OCH3 is 1. The van der Waals surface area contributed by atoms with Gasteiger partial charge in [-0.15, -0.1) is 0 Å². The molecule has 24 heavy (non-hydrogen) atoms. The number of carbonyl (C=O) groups is 2. The van der Waals surface area contributed by atoms with E-state index in [4.69, 9.17) is 14.2 Å². The Kier molecular flexibility index (Phi) is 7.42. The maximum Gasteiger partial charge on any atom is 0.309 e. The summed E-state index contributed by atoms with van der Waals surface area (Å²) in [4.78, 5) is 24.0. The van der Waals surface area contributed by atoms with Crippen molar-refractivity contribution >= 4 is 11.9 Å². The van der Waals surface area contributed by atoms with Crippen LogP contribution >= 0.6 is 0 Å². The highest BCUT2D eigenvalue weighted by atomic mass is 16.6. The van der Waals surface area contributed by atoms with Crippen LogP contribution in [0, 0.1) is 5.92 Å². The third-order valence-corrected chi connectivity index (χ3v) is 3.41. The number of benzene rings is 1. The number of carbonyl (C=O) groups excluding carboxylic acids is 2. The second kappa shape index (κ2) is 8.83. The zero-order chi connectivity index (χ0) is 18.3. The van der Waals surface area contributed by atoms with Gasteiger partial charge in [-0.25, -0.2) is 0 Å². The van der Waals surface area contributed by atoms with E-state index in [0.717, 1.165) is 5.56 Å². The van der Waals surface area contributed by atoms with Crippen LogP contribution in [0.5, 0.6) is 0 Å². The highest BCUT2D eigenvalue weighted by Gasteiger charge is 2.27. The topological polar surface area (TPSA) is 61.8 Å². The molecule has 0 saturated carbocycles. The van der Waals surface area contributed by atoms with Gasteiger partial charge in [-0.2, -0.15) is 0 Å². The van der Waals surface area contributed by atoms with E-state index in [2.05, 4.69) is 0 Å². The Hall–Kier alpha value is -1.88. The second-order valence-electron chi connectivity index (χ2n) is 6.90. The predicted octanol–water partition coefficient (Wildman–Crippen LogP) is 3.67. The molecule has 0 N–H and O–H groups in total. The summed E-state index contributed by atoms with van der Waals surface area (Å²) >= 11 is 0. The molecule has 1 aromatic carbocycles. The van der Waals surface area contributed by atoms with E-state index in [1.54, 1.807) is 41.7 Å². The third-order valence-electron chi connectivity index (χ3n) is 3.41. The smallest absolute Gasteiger partial charge is 0.309 e. The fourth-order valence-corrected chi connectivity index (χ4v) is 2.32. The molecular weight excluding hydrogens is 308 g/mol. The van der Waals surface area contributed by atoms with Crippen molar-refractivity contribution in [1.82, 2.24) is 0 Å². The van der Waals surface area contributed by atoms with Crippen LogP contribution in [0.4, 0.5) is 0 Å². The van der Waals surface area contributed by atoms with Crippen molar-refractivity contribution in [2.75, 3.05) is 7.11 Å². The van der Waals surface area contributed by atoms with E-state index >= 15 is 0 Å². The van der Waals surface area contributed by atoms with Crippen molar-refractivity contribution in [2.45, 2.75) is 58.8 Å². The van der Waals surface area contributed by atoms with Crippen molar-refractivity contribution in [2.24, 2.45) is 5.92 Å². The van der Waals surface area contributed by atoms with E-state index in [-0.39, 0.29) is 12.5 Å². The van der Waals surface area contributed by atoms with Gasteiger partial charge < -0.3 is 14.2 Å². The molecule has 0 amide bonds. The van der Waals surface area contributed by atoms with Crippen LogP contribution in [-0.2, 0) is 23.8 Å². The van der Waals surface area contributed by atoms with Gasteiger partial charge in [0.05, 0.1) is 12.3 Å². The normalized spacial score (nSPS) is 15.2. The SMILES string of the molecule is CO[C@@H](c1ccccc1)[C@H](C)OC(=O)[C@H](C)CC(=O)OC(C)(C)C. The van der Waals surface area contributed by atoms with Crippen LogP contribution in [0.2, 0.25) is 0 Å². The molecule has 0 spiro atoms. The molecule has 0 aromatic heterocycles. The largest absolute Gasteiger partial charge is 0.460 e. The van der Waals surface area contributed by atoms with E-state index in [9.17, 15) is 9.59 Å². The Balaban J connectivity index is 2.60. The van der Waals surface area contributed by atoms with Gasteiger partial charge in [-0.05, 0) is 33.3 Å². The maximum atomic E-state index is 12.2. The highest BCUT2D eigenvalue weighted by Crippen LogP contribution is 2.24. The molecule has 0 unspecified atom stereocenters. The molecular formula is C19H28O5. The molecule has 0 heterocycles. The van der Waals surface area contributed by atoms with Crippen molar-refractivity contribution in [3.63, 3.8) is 0 Å². The molecule has 0 radical (unpaired) electrons. The lowest BCUT2D eigenvalue weighted by Gasteiger charge is -2.25. The average molecular weight is 336 g/mol. The maximum absolute atomic E-state index is 12.2. The number of esters is 2. The first-order chi connectivity index (χ1) is 11.1. The Morgan fingerprint density at radius 3 is 2.17 bits per heavy atom. The standard InChI is InChI=1S/C19H28O5/c1-13(12-16(20)24-19(3,4)5)18(21)23-14(2)17(22-6)15-10-8-7-9-11-15/h7-11,13-14,17H,12H2,1-6H3/t13-,14+,17-/m1/s1. The quantitative estimate of drug-likeness (QED) is 0.711. The molecule has 134 valence electrons. The molecule has 0 aliphatic rings. The van der Waals surface area contributed by atoms with Crippen molar-refractivity contribution in [1.29, 1.82) is 0 Å². The van der Waals surface area contributed by atoms with Gasteiger partial charge >= 0.3 is 11.9 Å². The van der Waals surface area contributed by atoms with Gasteiger partial charge in [-0.3, -0.25) is 9.59 Å². The number of hydrogen-bond acceptors (Lipinski definition) is 5. The summed E-state index contributed by atoms with van der Waals surface area (Å²) in [5, 5.41) is 0. The Morgan fingerprint density at radius 1 is 1.08 bits per heavy atom. The summed E-state index contributed by atoms with van der Waals surface area (Å²) in [6.07, 6.45) is -0.832. The summed E-state index contributed by atoms with van der Waals surface area (Å²) in [6.45, 7) is 8.81. The van der Waals surface area contributed by atoms with Crippen LogP contribution in [0.1, 0.15) is 52.7 Å². The van der Waals surface area contributed by atoms with Gasteiger partial charge in [0.2, 0.25) is 0 Å². The number of hydrogen-bond donors (Lipinski definition) is 0. The molecule has 0 aliphatic heterocycles. The molecule has 0 aliphatic carbocycles. The van der Waals surface area contributed by atoms with Gasteiger partial charge in [0, 0.05) is 7.11 Å². The first-order valence-electron chi connectivity index (χ1n) is 8.14. The monoisotopic (exact) mass is 336 g/mol. The van der Waals surface area contributed by atoms with Gasteiger partial charge in [0.25, 0.3) is 0 Å². The highest BCUT2D eigenvalue weighted by molar-refractivity contribution is 5.79. The molecule has 0 saturated heterocycles. The van der Waals surface area contributed by atoms with Crippen LogP contribution in [0.15, 0.2) is 30.3 Å². The molecule has 1 rings (SSSR count). The molecule has 5 heteroatoms. The van der Waals surface area contributed by atoms with E-state index in [1.165, 1.54) is 0 Å². The van der Waals surface area contributed by atoms with Gasteiger partial charge in [-0.1, -0.05) is 37.3 Å². The number of ether oxygens (including phenoxy) is 3.